The Kier molecular flexibility index (Phi) is 2.72. The van der Waals surface area contributed by atoms with Gasteiger partial charge in [0.05, 0.1) is 7.11 Å². The molecule has 0 saturated carbocycles. The van der Waals surface area contributed by atoms with Crippen LogP contribution in [0.5, 0.6) is 5.75 Å². The molecule has 0 unspecified atom stereocenters. The highest BCUT2D eigenvalue weighted by atomic mass is 79.9. The fraction of sp³-hybridized carbons (Fsp3) is 0.222. The lowest BCUT2D eigenvalue weighted by molar-refractivity contribution is 0.413. The summed E-state index contributed by atoms with van der Waals surface area (Å²) in [6, 6.07) is 5.80. The van der Waals surface area contributed by atoms with Crippen molar-refractivity contribution in [3.63, 3.8) is 0 Å². The van der Waals surface area contributed by atoms with Crippen LogP contribution in [0.15, 0.2) is 16.6 Å². The lowest BCUT2D eigenvalue weighted by Gasteiger charge is -2.05. The van der Waals surface area contributed by atoms with Gasteiger partial charge < -0.3 is 4.74 Å². The van der Waals surface area contributed by atoms with Gasteiger partial charge in [0.15, 0.2) is 0 Å². The fourth-order valence-corrected chi connectivity index (χ4v) is 1.62. The zero-order chi connectivity index (χ0) is 9.14. The maximum absolute atomic E-state index is 8.76. The highest BCUT2D eigenvalue weighted by molar-refractivity contribution is 9.10. The van der Waals surface area contributed by atoms with Crippen LogP contribution < -0.4 is 4.74 Å². The summed E-state index contributed by atoms with van der Waals surface area (Å²) in [4.78, 5) is 0. The summed E-state index contributed by atoms with van der Waals surface area (Å²) >= 11 is 3.30. The van der Waals surface area contributed by atoms with E-state index in [4.69, 9.17) is 10.00 Å². The molecule has 0 amide bonds. The summed E-state index contributed by atoms with van der Waals surface area (Å²) in [7, 11) is 1.56. The predicted molar refractivity (Wildman–Crippen MR) is 50.1 cm³/mol. The van der Waals surface area contributed by atoms with Gasteiger partial charge in [-0.1, -0.05) is 0 Å². The van der Waals surface area contributed by atoms with Gasteiger partial charge in [-0.15, -0.1) is 0 Å². The Hall–Kier alpha value is -1.01. The molecule has 0 saturated heterocycles. The van der Waals surface area contributed by atoms with Gasteiger partial charge in [0, 0.05) is 4.47 Å². The van der Waals surface area contributed by atoms with E-state index in [0.29, 0.717) is 11.3 Å². The van der Waals surface area contributed by atoms with Crippen LogP contribution in [0.25, 0.3) is 0 Å². The van der Waals surface area contributed by atoms with Gasteiger partial charge in [-0.25, -0.2) is 0 Å². The number of benzene rings is 1. The molecule has 0 radical (unpaired) electrons. The summed E-state index contributed by atoms with van der Waals surface area (Å²) in [6.45, 7) is 1.95. The zero-order valence-electron chi connectivity index (χ0n) is 6.89. The van der Waals surface area contributed by atoms with Gasteiger partial charge >= 0.3 is 0 Å². The predicted octanol–water partition coefficient (Wildman–Crippen LogP) is 2.64. The van der Waals surface area contributed by atoms with Crippen LogP contribution in [0.4, 0.5) is 0 Å². The number of halogens is 1. The fourth-order valence-electron chi connectivity index (χ4n) is 0.980. The Morgan fingerprint density at radius 2 is 2.17 bits per heavy atom. The van der Waals surface area contributed by atoms with Gasteiger partial charge in [0.25, 0.3) is 0 Å². The standard InChI is InChI=1S/C9H8BrNO/c1-6-3-8(10)7(5-11)9(4-6)12-2/h3-4H,1-2H3. The van der Waals surface area contributed by atoms with E-state index in [1.165, 1.54) is 0 Å². The topological polar surface area (TPSA) is 33.0 Å². The van der Waals surface area contributed by atoms with Crippen LogP contribution >= 0.6 is 15.9 Å². The second-order valence-electron chi connectivity index (χ2n) is 2.44. The van der Waals surface area contributed by atoms with Crippen LogP contribution in [0, 0.1) is 18.3 Å². The molecule has 2 nitrogen and oxygen atoms in total. The van der Waals surface area contributed by atoms with E-state index in [2.05, 4.69) is 22.0 Å². The van der Waals surface area contributed by atoms with E-state index in [9.17, 15) is 0 Å². The Balaban J connectivity index is 3.36. The van der Waals surface area contributed by atoms with E-state index in [1.807, 2.05) is 19.1 Å². The maximum atomic E-state index is 8.76. The SMILES string of the molecule is COc1cc(C)cc(Br)c1C#N. The van der Waals surface area contributed by atoms with E-state index in [1.54, 1.807) is 7.11 Å². The monoisotopic (exact) mass is 225 g/mol. The average molecular weight is 226 g/mol. The first-order valence-corrected chi connectivity index (χ1v) is 4.22. The smallest absolute Gasteiger partial charge is 0.138 e. The lowest BCUT2D eigenvalue weighted by Crippen LogP contribution is -1.89. The summed E-state index contributed by atoms with van der Waals surface area (Å²) in [5.74, 6) is 0.615. The van der Waals surface area contributed by atoms with Crippen molar-refractivity contribution in [1.29, 1.82) is 5.26 Å². The van der Waals surface area contributed by atoms with Crippen molar-refractivity contribution < 1.29 is 4.74 Å². The average Bonchev–Trinajstić information content (AvgIpc) is 2.03. The number of aryl methyl sites for hydroxylation is 1. The van der Waals surface area contributed by atoms with Crippen LogP contribution in [0.1, 0.15) is 11.1 Å². The first-order valence-electron chi connectivity index (χ1n) is 3.43. The Bertz CT molecular complexity index is 341. The lowest BCUT2D eigenvalue weighted by atomic mass is 10.1. The summed E-state index contributed by atoms with van der Waals surface area (Å²) in [5, 5.41) is 8.76. The number of nitriles is 1. The van der Waals surface area contributed by atoms with Crippen LogP contribution in [-0.4, -0.2) is 7.11 Å². The van der Waals surface area contributed by atoms with Gasteiger partial charge in [-0.3, -0.25) is 0 Å². The van der Waals surface area contributed by atoms with Crippen molar-refractivity contribution in [2.45, 2.75) is 6.92 Å². The van der Waals surface area contributed by atoms with Crippen LogP contribution in [0.3, 0.4) is 0 Å². The van der Waals surface area contributed by atoms with Crippen molar-refractivity contribution >= 4 is 15.9 Å². The van der Waals surface area contributed by atoms with E-state index < -0.39 is 0 Å². The highest BCUT2D eigenvalue weighted by Crippen LogP contribution is 2.27. The molecule has 62 valence electrons. The third-order valence-corrected chi connectivity index (χ3v) is 2.16. The van der Waals surface area contributed by atoms with Crippen LogP contribution in [-0.2, 0) is 0 Å². The van der Waals surface area contributed by atoms with Gasteiger partial charge in [-0.05, 0) is 40.5 Å². The molecule has 0 aromatic heterocycles. The van der Waals surface area contributed by atoms with Crippen LogP contribution in [0.2, 0.25) is 0 Å². The molecule has 0 aliphatic rings. The number of methoxy groups -OCH3 is 1. The molecule has 0 heterocycles. The second-order valence-corrected chi connectivity index (χ2v) is 3.29. The van der Waals surface area contributed by atoms with E-state index >= 15 is 0 Å². The molecular formula is C9H8BrNO. The van der Waals surface area contributed by atoms with Crippen molar-refractivity contribution in [3.8, 4) is 11.8 Å². The molecule has 12 heavy (non-hydrogen) atoms. The minimum atomic E-state index is 0.545. The number of rotatable bonds is 1. The molecule has 1 rings (SSSR count). The molecular weight excluding hydrogens is 218 g/mol. The first-order chi connectivity index (χ1) is 5.69. The quantitative estimate of drug-likeness (QED) is 0.737. The second kappa shape index (κ2) is 3.59. The van der Waals surface area contributed by atoms with Crippen molar-refractivity contribution in [2.75, 3.05) is 7.11 Å². The molecule has 1 aromatic rings. The van der Waals surface area contributed by atoms with E-state index in [-0.39, 0.29) is 0 Å². The number of ether oxygens (including phenoxy) is 1. The minimum absolute atomic E-state index is 0.545. The first kappa shape index (κ1) is 9.08. The minimum Gasteiger partial charge on any atom is -0.495 e. The Labute approximate surface area is 79.9 Å². The van der Waals surface area contributed by atoms with Gasteiger partial charge in [0.1, 0.15) is 17.4 Å². The summed E-state index contributed by atoms with van der Waals surface area (Å²) < 4.78 is 5.82. The van der Waals surface area contributed by atoms with Crippen molar-refractivity contribution in [1.82, 2.24) is 0 Å². The summed E-state index contributed by atoms with van der Waals surface area (Å²) in [5.41, 5.74) is 1.61. The molecule has 0 bridgehead atoms. The molecule has 0 N–H and O–H groups in total. The Morgan fingerprint density at radius 1 is 1.50 bits per heavy atom. The molecule has 0 aliphatic carbocycles. The van der Waals surface area contributed by atoms with Gasteiger partial charge in [-0.2, -0.15) is 5.26 Å². The molecule has 0 atom stereocenters. The Morgan fingerprint density at radius 3 is 2.67 bits per heavy atom. The van der Waals surface area contributed by atoms with Gasteiger partial charge in [0.2, 0.25) is 0 Å². The molecule has 3 heteroatoms. The zero-order valence-corrected chi connectivity index (χ0v) is 8.47. The highest BCUT2D eigenvalue weighted by Gasteiger charge is 2.06. The number of hydrogen-bond donors (Lipinski definition) is 0. The molecule has 1 aromatic carbocycles. The van der Waals surface area contributed by atoms with Crippen molar-refractivity contribution in [3.05, 3.63) is 27.7 Å². The normalized spacial score (nSPS) is 9.17. The summed E-state index contributed by atoms with van der Waals surface area (Å²) in [6.07, 6.45) is 0. The number of hydrogen-bond acceptors (Lipinski definition) is 2. The number of nitrogens with zero attached hydrogens (tertiary/aromatic N) is 1. The third-order valence-electron chi connectivity index (χ3n) is 1.53. The van der Waals surface area contributed by atoms with E-state index in [0.717, 1.165) is 10.0 Å². The largest absolute Gasteiger partial charge is 0.495 e. The van der Waals surface area contributed by atoms with Crippen molar-refractivity contribution in [2.24, 2.45) is 0 Å². The third kappa shape index (κ3) is 1.59. The molecule has 0 aliphatic heterocycles. The molecule has 0 spiro atoms. The maximum Gasteiger partial charge on any atom is 0.138 e. The molecule has 0 fully saturated rings.